The van der Waals surface area contributed by atoms with Gasteiger partial charge in [0.05, 0.1) is 6.33 Å². The quantitative estimate of drug-likeness (QED) is 0.626. The van der Waals surface area contributed by atoms with Gasteiger partial charge in [-0.1, -0.05) is 6.42 Å². The lowest BCUT2D eigenvalue weighted by molar-refractivity contribution is -0.118. The number of hydrogen-bond acceptors (Lipinski definition) is 5. The summed E-state index contributed by atoms with van der Waals surface area (Å²) in [6, 6.07) is 4.65. The van der Waals surface area contributed by atoms with Crippen LogP contribution in [0.15, 0.2) is 30.9 Å². The summed E-state index contributed by atoms with van der Waals surface area (Å²) in [5.41, 5.74) is 3.22. The molecule has 2 N–H and O–H groups in total. The molecule has 1 aromatic carbocycles. The van der Waals surface area contributed by atoms with Gasteiger partial charge in [0.1, 0.15) is 17.7 Å². The Kier molecular flexibility index (Phi) is 4.95. The normalized spacial score (nSPS) is 13.1. The zero-order chi connectivity index (χ0) is 18.6. The van der Waals surface area contributed by atoms with Gasteiger partial charge in [-0.05, 0) is 43.0 Å². The Hall–Kier alpha value is -3.03. The molecule has 27 heavy (non-hydrogen) atoms. The minimum absolute atomic E-state index is 0.114. The van der Waals surface area contributed by atoms with Crippen molar-refractivity contribution in [2.24, 2.45) is 0 Å². The van der Waals surface area contributed by atoms with E-state index in [0.29, 0.717) is 18.6 Å². The Bertz CT molecular complexity index is 956. The van der Waals surface area contributed by atoms with Crippen LogP contribution in [0.25, 0.3) is 11.2 Å². The summed E-state index contributed by atoms with van der Waals surface area (Å²) in [5.74, 6) is 0.615. The number of H-pyrrole nitrogens is 1. The molecular weight excluding hydrogens is 347 g/mol. The van der Waals surface area contributed by atoms with E-state index in [2.05, 4.69) is 25.3 Å². The smallest absolute Gasteiger partial charge is 0.226 e. The third-order valence-corrected chi connectivity index (χ3v) is 4.82. The van der Waals surface area contributed by atoms with Crippen molar-refractivity contribution in [2.75, 3.05) is 23.3 Å². The van der Waals surface area contributed by atoms with Crippen LogP contribution in [-0.2, 0) is 11.2 Å². The zero-order valence-electron chi connectivity index (χ0n) is 14.9. The first-order valence-electron chi connectivity index (χ1n) is 9.19. The molecule has 0 bridgehead atoms. The Labute approximate surface area is 156 Å². The summed E-state index contributed by atoms with van der Waals surface area (Å²) in [6.07, 6.45) is 7.04. The van der Waals surface area contributed by atoms with E-state index in [0.717, 1.165) is 54.8 Å². The van der Waals surface area contributed by atoms with Crippen LogP contribution in [0.4, 0.5) is 15.9 Å². The number of anilines is 2. The van der Waals surface area contributed by atoms with Gasteiger partial charge >= 0.3 is 0 Å². The predicted molar refractivity (Wildman–Crippen MR) is 101 cm³/mol. The average Bonchev–Trinajstić information content (AvgIpc) is 3.31. The number of hydrogen-bond donors (Lipinski definition) is 2. The zero-order valence-corrected chi connectivity index (χ0v) is 14.9. The van der Waals surface area contributed by atoms with Crippen LogP contribution in [0.5, 0.6) is 0 Å². The van der Waals surface area contributed by atoms with Crippen molar-refractivity contribution in [2.45, 2.75) is 32.1 Å². The summed E-state index contributed by atoms with van der Waals surface area (Å²) in [5, 5.41) is 3.28. The fourth-order valence-corrected chi connectivity index (χ4v) is 3.45. The van der Waals surface area contributed by atoms with Crippen LogP contribution in [0.1, 0.15) is 31.2 Å². The number of carbonyl (C=O) groups excluding carboxylic acids is 1. The summed E-state index contributed by atoms with van der Waals surface area (Å²) in [6.45, 7) is 1.41. The van der Waals surface area contributed by atoms with E-state index in [1.54, 1.807) is 17.3 Å². The minimum atomic E-state index is -0.244. The molecule has 2 aromatic heterocycles. The lowest BCUT2D eigenvalue weighted by Gasteiger charge is -2.17. The van der Waals surface area contributed by atoms with Crippen LogP contribution < -0.4 is 10.2 Å². The molecule has 0 spiro atoms. The Balaban J connectivity index is 1.20. The number of aromatic amines is 1. The van der Waals surface area contributed by atoms with Crippen LogP contribution in [-0.4, -0.2) is 38.9 Å². The van der Waals surface area contributed by atoms with Crippen LogP contribution in [0.3, 0.4) is 0 Å². The van der Waals surface area contributed by atoms with Crippen LogP contribution >= 0.6 is 0 Å². The number of nitrogens with one attached hydrogen (secondary N) is 2. The highest BCUT2D eigenvalue weighted by molar-refractivity contribution is 5.95. The van der Waals surface area contributed by atoms with Crippen molar-refractivity contribution >= 4 is 28.6 Å². The van der Waals surface area contributed by atoms with Crippen molar-refractivity contribution in [3.05, 3.63) is 42.2 Å². The number of amides is 1. The number of nitrogens with zero attached hydrogens (tertiary/aromatic N) is 4. The summed E-state index contributed by atoms with van der Waals surface area (Å²) in [4.78, 5) is 29.7. The SMILES string of the molecule is O=C(CCCCCNc1ncnc2nc[nH]c12)N1CCc2cc(F)ccc21. The van der Waals surface area contributed by atoms with Crippen molar-refractivity contribution in [3.63, 3.8) is 0 Å². The molecule has 8 heteroatoms. The van der Waals surface area contributed by atoms with E-state index in [1.165, 1.54) is 18.5 Å². The fourth-order valence-electron chi connectivity index (χ4n) is 3.45. The number of carbonyl (C=O) groups is 1. The maximum Gasteiger partial charge on any atom is 0.226 e. The van der Waals surface area contributed by atoms with Crippen LogP contribution in [0.2, 0.25) is 0 Å². The highest BCUT2D eigenvalue weighted by Gasteiger charge is 2.24. The van der Waals surface area contributed by atoms with Gasteiger partial charge in [0.15, 0.2) is 11.5 Å². The molecule has 0 aliphatic carbocycles. The fraction of sp³-hybridized carbons (Fsp3) is 0.368. The third kappa shape index (κ3) is 3.74. The number of benzene rings is 1. The molecule has 0 fully saturated rings. The first-order valence-corrected chi connectivity index (χ1v) is 9.19. The van der Waals surface area contributed by atoms with E-state index in [-0.39, 0.29) is 11.7 Å². The number of rotatable bonds is 7. The topological polar surface area (TPSA) is 86.8 Å². The summed E-state index contributed by atoms with van der Waals surface area (Å²) < 4.78 is 13.3. The number of unbranched alkanes of at least 4 members (excludes halogenated alkanes) is 2. The monoisotopic (exact) mass is 368 g/mol. The molecule has 140 valence electrons. The Morgan fingerprint density at radius 1 is 1.22 bits per heavy atom. The van der Waals surface area contributed by atoms with E-state index >= 15 is 0 Å². The van der Waals surface area contributed by atoms with Gasteiger partial charge < -0.3 is 15.2 Å². The molecule has 3 heterocycles. The molecule has 4 rings (SSSR count). The molecule has 1 aliphatic rings. The number of aromatic nitrogens is 4. The first kappa shape index (κ1) is 17.4. The van der Waals surface area contributed by atoms with E-state index < -0.39 is 0 Å². The molecule has 3 aromatic rings. The summed E-state index contributed by atoms with van der Waals surface area (Å²) in [7, 11) is 0. The largest absolute Gasteiger partial charge is 0.368 e. The highest BCUT2D eigenvalue weighted by Crippen LogP contribution is 2.29. The third-order valence-electron chi connectivity index (χ3n) is 4.82. The van der Waals surface area contributed by atoms with E-state index in [9.17, 15) is 9.18 Å². The predicted octanol–water partition coefficient (Wildman–Crippen LogP) is 3.05. The molecule has 0 atom stereocenters. The van der Waals surface area contributed by atoms with Gasteiger partial charge in [-0.3, -0.25) is 4.79 Å². The van der Waals surface area contributed by atoms with Gasteiger partial charge in [0.2, 0.25) is 5.91 Å². The number of halogens is 1. The van der Waals surface area contributed by atoms with E-state index in [1.807, 2.05) is 0 Å². The lowest BCUT2D eigenvalue weighted by atomic mass is 10.1. The van der Waals surface area contributed by atoms with Gasteiger partial charge in [0.25, 0.3) is 0 Å². The standard InChI is InChI=1S/C19H21FN6O/c20-14-5-6-15-13(10-14)7-9-26(15)16(27)4-2-1-3-8-21-18-17-19(23-11-22-17)25-12-24-18/h5-6,10-12H,1-4,7-9H2,(H2,21,22,23,24,25). The molecule has 7 nitrogen and oxygen atoms in total. The molecule has 1 aliphatic heterocycles. The van der Waals surface area contributed by atoms with E-state index in [4.69, 9.17) is 0 Å². The number of fused-ring (bicyclic) bond motifs is 2. The first-order chi connectivity index (χ1) is 13.2. The van der Waals surface area contributed by atoms with Crippen molar-refractivity contribution in [3.8, 4) is 0 Å². The second kappa shape index (κ2) is 7.69. The van der Waals surface area contributed by atoms with Gasteiger partial charge in [-0.2, -0.15) is 0 Å². The van der Waals surface area contributed by atoms with Gasteiger partial charge in [-0.25, -0.2) is 19.3 Å². The Morgan fingerprint density at radius 2 is 2.15 bits per heavy atom. The van der Waals surface area contributed by atoms with Gasteiger partial charge in [-0.15, -0.1) is 0 Å². The maximum absolute atomic E-state index is 13.3. The maximum atomic E-state index is 13.3. The average molecular weight is 368 g/mol. The summed E-state index contributed by atoms with van der Waals surface area (Å²) >= 11 is 0. The van der Waals surface area contributed by atoms with Crippen molar-refractivity contribution < 1.29 is 9.18 Å². The molecule has 0 radical (unpaired) electrons. The molecule has 1 amide bonds. The molecule has 0 unspecified atom stereocenters. The molecule has 0 saturated heterocycles. The molecule has 0 saturated carbocycles. The van der Waals surface area contributed by atoms with Crippen LogP contribution in [0, 0.1) is 5.82 Å². The lowest BCUT2D eigenvalue weighted by Crippen LogP contribution is -2.28. The second-order valence-electron chi connectivity index (χ2n) is 6.63. The Morgan fingerprint density at radius 3 is 3.07 bits per heavy atom. The minimum Gasteiger partial charge on any atom is -0.368 e. The van der Waals surface area contributed by atoms with Crippen molar-refractivity contribution in [1.29, 1.82) is 0 Å². The van der Waals surface area contributed by atoms with Gasteiger partial charge in [0, 0.05) is 25.2 Å². The number of imidazole rings is 1. The second-order valence-corrected chi connectivity index (χ2v) is 6.63. The highest BCUT2D eigenvalue weighted by atomic mass is 19.1. The van der Waals surface area contributed by atoms with Crippen molar-refractivity contribution in [1.82, 2.24) is 19.9 Å². The molecular formula is C19H21FN6O.